The molecule has 0 aliphatic heterocycles. The van der Waals surface area contributed by atoms with E-state index in [2.05, 4.69) is 11.4 Å². The minimum Gasteiger partial charge on any atom is -0.481 e. The number of aliphatic carboxylic acids is 1. The third kappa shape index (κ3) is 4.19. The average Bonchev–Trinajstić information content (AvgIpc) is 2.97. The second-order valence-electron chi connectivity index (χ2n) is 6.33. The summed E-state index contributed by atoms with van der Waals surface area (Å²) in [5.41, 5.74) is 0.787. The first kappa shape index (κ1) is 20.6. The summed E-state index contributed by atoms with van der Waals surface area (Å²) in [6.07, 6.45) is 4.19. The van der Waals surface area contributed by atoms with Gasteiger partial charge in [-0.15, -0.1) is 11.3 Å². The van der Waals surface area contributed by atoms with Gasteiger partial charge >= 0.3 is 5.97 Å². The zero-order chi connectivity index (χ0) is 20.1. The molecule has 1 aromatic rings. The molecule has 0 fully saturated rings. The molecule has 0 unspecified atom stereocenters. The number of hydrogen-bond donors (Lipinski definition) is 2. The monoisotopic (exact) mass is 389 g/mol. The van der Waals surface area contributed by atoms with E-state index in [4.69, 9.17) is 0 Å². The van der Waals surface area contributed by atoms with E-state index in [-0.39, 0.29) is 11.5 Å². The second-order valence-corrected chi connectivity index (χ2v) is 7.35. The summed E-state index contributed by atoms with van der Waals surface area (Å²) in [4.78, 5) is 38.8. The number of nitrogens with zero attached hydrogens (tertiary/aromatic N) is 2. The third-order valence-corrected chi connectivity index (χ3v) is 6.02. The lowest BCUT2D eigenvalue weighted by Gasteiger charge is -2.23. The van der Waals surface area contributed by atoms with Gasteiger partial charge in [0.2, 0.25) is 5.91 Å². The highest BCUT2D eigenvalue weighted by atomic mass is 32.1. The van der Waals surface area contributed by atoms with Gasteiger partial charge in [-0.25, -0.2) is 0 Å². The van der Waals surface area contributed by atoms with Gasteiger partial charge in [-0.1, -0.05) is 12.2 Å². The number of nitrogens with one attached hydrogen (secondary N) is 1. The van der Waals surface area contributed by atoms with E-state index >= 15 is 0 Å². The van der Waals surface area contributed by atoms with Crippen LogP contribution in [0.3, 0.4) is 0 Å². The van der Waals surface area contributed by atoms with Crippen molar-refractivity contribution in [3.8, 4) is 6.07 Å². The lowest BCUT2D eigenvalue weighted by atomic mass is 9.82. The van der Waals surface area contributed by atoms with Crippen molar-refractivity contribution in [2.75, 3.05) is 18.4 Å². The molecule has 2 amide bonds. The van der Waals surface area contributed by atoms with Crippen LogP contribution in [-0.2, 0) is 9.59 Å². The zero-order valence-corrected chi connectivity index (χ0v) is 16.4. The van der Waals surface area contributed by atoms with E-state index in [0.29, 0.717) is 41.4 Å². The van der Waals surface area contributed by atoms with Gasteiger partial charge in [0.25, 0.3) is 5.91 Å². The molecule has 7 nitrogen and oxygen atoms in total. The maximum absolute atomic E-state index is 12.7. The van der Waals surface area contributed by atoms with Crippen LogP contribution in [0, 0.1) is 30.1 Å². The summed E-state index contributed by atoms with van der Waals surface area (Å²) in [6.45, 7) is 6.53. The Hall–Kier alpha value is -2.66. The van der Waals surface area contributed by atoms with Gasteiger partial charge in [-0.05, 0) is 39.2 Å². The van der Waals surface area contributed by atoms with Crippen LogP contribution >= 0.6 is 11.3 Å². The van der Waals surface area contributed by atoms with Gasteiger partial charge in [0.15, 0.2) is 0 Å². The Morgan fingerprint density at radius 2 is 1.85 bits per heavy atom. The molecule has 0 saturated heterocycles. The number of carbonyl (C=O) groups excluding carboxylic acids is 2. The van der Waals surface area contributed by atoms with Gasteiger partial charge in [-0.2, -0.15) is 5.26 Å². The number of allylic oxidation sites excluding steroid dienone is 2. The summed E-state index contributed by atoms with van der Waals surface area (Å²) < 4.78 is 0. The normalized spacial score (nSPS) is 18.6. The van der Waals surface area contributed by atoms with Crippen LogP contribution in [0.5, 0.6) is 0 Å². The first-order chi connectivity index (χ1) is 12.8. The quantitative estimate of drug-likeness (QED) is 0.727. The fourth-order valence-electron chi connectivity index (χ4n) is 3.18. The smallest absolute Gasteiger partial charge is 0.307 e. The molecule has 1 aliphatic carbocycles. The van der Waals surface area contributed by atoms with Crippen molar-refractivity contribution >= 4 is 34.1 Å². The highest BCUT2D eigenvalue weighted by molar-refractivity contribution is 7.18. The molecule has 0 saturated carbocycles. The van der Waals surface area contributed by atoms with Gasteiger partial charge in [0.05, 0.1) is 22.3 Å². The number of carbonyl (C=O) groups is 3. The highest BCUT2D eigenvalue weighted by Crippen LogP contribution is 2.35. The molecule has 27 heavy (non-hydrogen) atoms. The van der Waals surface area contributed by atoms with Crippen molar-refractivity contribution in [3.05, 3.63) is 28.2 Å². The first-order valence-corrected chi connectivity index (χ1v) is 9.68. The predicted molar refractivity (Wildman–Crippen MR) is 103 cm³/mol. The standard InChI is InChI=1S/C19H23N3O4S/c1-4-22(5-2)18(24)15-11(3)14(10-20)17(27-15)21-16(23)12-8-6-7-9-13(12)19(25)26/h6-7,12-13H,4-5,8-9H2,1-3H3,(H,21,23)(H,25,26)/t12-,13+/m1/s1. The number of nitriles is 1. The molecule has 0 bridgehead atoms. The van der Waals surface area contributed by atoms with Crippen molar-refractivity contribution < 1.29 is 19.5 Å². The van der Waals surface area contributed by atoms with Gasteiger partial charge in [0.1, 0.15) is 11.1 Å². The van der Waals surface area contributed by atoms with Crippen LogP contribution in [0.15, 0.2) is 12.2 Å². The topological polar surface area (TPSA) is 110 Å². The molecule has 1 heterocycles. The van der Waals surface area contributed by atoms with Crippen LogP contribution in [-0.4, -0.2) is 40.9 Å². The Labute approximate surface area is 162 Å². The summed E-state index contributed by atoms with van der Waals surface area (Å²) in [7, 11) is 0. The number of carboxylic acid groups (broad SMARTS) is 1. The van der Waals surface area contributed by atoms with E-state index < -0.39 is 23.7 Å². The molecule has 1 aliphatic rings. The number of carboxylic acids is 1. The van der Waals surface area contributed by atoms with E-state index in [1.165, 1.54) is 0 Å². The molecule has 2 rings (SSSR count). The minimum atomic E-state index is -1.01. The Bertz CT molecular complexity index is 818. The number of rotatable bonds is 6. The molecular formula is C19H23N3O4S. The van der Waals surface area contributed by atoms with Gasteiger partial charge < -0.3 is 15.3 Å². The van der Waals surface area contributed by atoms with Crippen LogP contribution in [0.25, 0.3) is 0 Å². The molecule has 0 radical (unpaired) electrons. The Morgan fingerprint density at radius 3 is 2.37 bits per heavy atom. The van der Waals surface area contributed by atoms with Crippen molar-refractivity contribution in [2.24, 2.45) is 11.8 Å². The fourth-order valence-corrected chi connectivity index (χ4v) is 4.30. The van der Waals surface area contributed by atoms with Crippen LogP contribution in [0.2, 0.25) is 0 Å². The van der Waals surface area contributed by atoms with Crippen molar-refractivity contribution in [3.63, 3.8) is 0 Å². The molecule has 2 N–H and O–H groups in total. The van der Waals surface area contributed by atoms with Gasteiger partial charge in [0, 0.05) is 13.1 Å². The lowest BCUT2D eigenvalue weighted by molar-refractivity contribution is -0.146. The Kier molecular flexibility index (Phi) is 6.75. The van der Waals surface area contributed by atoms with Crippen LogP contribution in [0.4, 0.5) is 5.00 Å². The van der Waals surface area contributed by atoms with Crippen LogP contribution < -0.4 is 5.32 Å². The molecule has 1 aromatic heterocycles. The number of thiophene rings is 1. The SMILES string of the molecule is CCN(CC)C(=O)c1sc(NC(=O)[C@@H]2CC=CC[C@@H]2C(=O)O)c(C#N)c1C. The third-order valence-electron chi connectivity index (χ3n) is 4.83. The van der Waals surface area contributed by atoms with E-state index in [1.807, 2.05) is 13.8 Å². The molecular weight excluding hydrogens is 366 g/mol. The van der Waals surface area contributed by atoms with E-state index in [9.17, 15) is 24.8 Å². The van der Waals surface area contributed by atoms with Crippen LogP contribution in [0.1, 0.15) is 47.5 Å². The Balaban J connectivity index is 2.31. The van der Waals surface area contributed by atoms with Gasteiger partial charge in [-0.3, -0.25) is 14.4 Å². The average molecular weight is 389 g/mol. The molecule has 8 heteroatoms. The number of anilines is 1. The predicted octanol–water partition coefficient (Wildman–Crippen LogP) is 3.02. The minimum absolute atomic E-state index is 0.177. The molecule has 0 spiro atoms. The largest absolute Gasteiger partial charge is 0.481 e. The van der Waals surface area contributed by atoms with Crippen molar-refractivity contribution in [1.82, 2.24) is 4.90 Å². The summed E-state index contributed by atoms with van der Waals surface area (Å²) in [5, 5.41) is 21.8. The van der Waals surface area contributed by atoms with Crippen molar-refractivity contribution in [1.29, 1.82) is 5.26 Å². The summed E-state index contributed by atoms with van der Waals surface area (Å²) >= 11 is 1.07. The molecule has 0 aromatic carbocycles. The van der Waals surface area contributed by atoms with E-state index in [0.717, 1.165) is 11.3 Å². The number of amides is 2. The van der Waals surface area contributed by atoms with E-state index in [1.54, 1.807) is 24.0 Å². The molecule has 2 atom stereocenters. The Morgan fingerprint density at radius 1 is 1.26 bits per heavy atom. The summed E-state index contributed by atoms with van der Waals surface area (Å²) in [6, 6.07) is 2.05. The summed E-state index contributed by atoms with van der Waals surface area (Å²) in [5.74, 6) is -3.13. The maximum Gasteiger partial charge on any atom is 0.307 e. The maximum atomic E-state index is 12.7. The van der Waals surface area contributed by atoms with Crippen molar-refractivity contribution in [2.45, 2.75) is 33.6 Å². The first-order valence-electron chi connectivity index (χ1n) is 8.87. The fraction of sp³-hybridized carbons (Fsp3) is 0.474. The lowest BCUT2D eigenvalue weighted by Crippen LogP contribution is -2.34. The molecule has 144 valence electrons. The number of hydrogen-bond acceptors (Lipinski definition) is 5. The second kappa shape index (κ2) is 8.82. The highest BCUT2D eigenvalue weighted by Gasteiger charge is 2.35. The zero-order valence-electron chi connectivity index (χ0n) is 15.6.